The molecular formula is C26H36N2O2. The highest BCUT2D eigenvalue weighted by molar-refractivity contribution is 6.49. The van der Waals surface area contributed by atoms with Gasteiger partial charge >= 0.3 is 0 Å². The fourth-order valence-electron chi connectivity index (χ4n) is 3.73. The van der Waals surface area contributed by atoms with Crippen molar-refractivity contribution in [1.82, 2.24) is 0 Å². The Labute approximate surface area is 181 Å². The van der Waals surface area contributed by atoms with Crippen LogP contribution >= 0.6 is 0 Å². The third-order valence-corrected chi connectivity index (χ3v) is 5.17. The van der Waals surface area contributed by atoms with Crippen molar-refractivity contribution in [3.8, 4) is 0 Å². The lowest BCUT2D eigenvalue weighted by Crippen LogP contribution is -2.25. The summed E-state index contributed by atoms with van der Waals surface area (Å²) in [6.45, 7) is 12.6. The lowest BCUT2D eigenvalue weighted by Gasteiger charge is -2.24. The normalized spacial score (nSPS) is 10.7. The number of nitrogens with zero attached hydrogens (tertiary/aromatic N) is 2. The van der Waals surface area contributed by atoms with Crippen molar-refractivity contribution in [2.75, 3.05) is 36.0 Å². The van der Waals surface area contributed by atoms with Gasteiger partial charge in [0.15, 0.2) is 0 Å². The van der Waals surface area contributed by atoms with Gasteiger partial charge in [-0.3, -0.25) is 9.59 Å². The van der Waals surface area contributed by atoms with Crippen LogP contribution in [0.15, 0.2) is 48.5 Å². The minimum Gasteiger partial charge on any atom is -0.372 e. The van der Waals surface area contributed by atoms with E-state index in [0.29, 0.717) is 11.1 Å². The predicted octanol–water partition coefficient (Wildman–Crippen LogP) is 6.01. The summed E-state index contributed by atoms with van der Waals surface area (Å²) in [5.74, 6) is -0.906. The molecule has 0 saturated carbocycles. The van der Waals surface area contributed by atoms with E-state index in [4.69, 9.17) is 0 Å². The number of hydrogen-bond acceptors (Lipinski definition) is 4. The van der Waals surface area contributed by atoms with E-state index in [1.54, 1.807) is 24.3 Å². The second-order valence-electron chi connectivity index (χ2n) is 7.73. The summed E-state index contributed by atoms with van der Waals surface area (Å²) in [7, 11) is 0. The van der Waals surface area contributed by atoms with E-state index in [0.717, 1.165) is 63.2 Å². The molecule has 30 heavy (non-hydrogen) atoms. The van der Waals surface area contributed by atoms with Gasteiger partial charge in [-0.2, -0.15) is 0 Å². The molecule has 0 fully saturated rings. The minimum absolute atomic E-state index is 0.444. The van der Waals surface area contributed by atoms with Crippen molar-refractivity contribution in [3.05, 3.63) is 59.7 Å². The molecule has 0 saturated heterocycles. The van der Waals surface area contributed by atoms with E-state index in [1.165, 1.54) is 0 Å². The monoisotopic (exact) mass is 408 g/mol. The number of ketones is 2. The van der Waals surface area contributed by atoms with Crippen LogP contribution in [0.3, 0.4) is 0 Å². The van der Waals surface area contributed by atoms with Gasteiger partial charge in [-0.25, -0.2) is 0 Å². The molecule has 0 aromatic heterocycles. The van der Waals surface area contributed by atoms with Crippen LogP contribution in [0.25, 0.3) is 0 Å². The Balaban J connectivity index is 2.12. The van der Waals surface area contributed by atoms with Crippen LogP contribution < -0.4 is 9.80 Å². The Morgan fingerprint density at radius 3 is 1.03 bits per heavy atom. The van der Waals surface area contributed by atoms with Gasteiger partial charge in [-0.1, -0.05) is 27.7 Å². The summed E-state index contributed by atoms with van der Waals surface area (Å²) >= 11 is 0. The summed E-state index contributed by atoms with van der Waals surface area (Å²) in [6, 6.07) is 14.9. The molecule has 2 aromatic carbocycles. The van der Waals surface area contributed by atoms with E-state index < -0.39 is 11.6 Å². The van der Waals surface area contributed by atoms with Gasteiger partial charge < -0.3 is 9.80 Å². The maximum absolute atomic E-state index is 12.7. The van der Waals surface area contributed by atoms with Gasteiger partial charge in [0.05, 0.1) is 0 Å². The standard InChI is InChI=1S/C26H36N2O2/c1-5-17-27(18-6-2)23-13-9-21(10-14-23)25(29)26(30)22-11-15-24(16-12-22)28(19-7-3)20-8-4/h9-16H,5-8,17-20H2,1-4H3. The summed E-state index contributed by atoms with van der Waals surface area (Å²) in [4.78, 5) is 30.1. The molecule has 0 aliphatic rings. The average Bonchev–Trinajstić information content (AvgIpc) is 2.78. The van der Waals surface area contributed by atoms with Crippen molar-refractivity contribution in [1.29, 1.82) is 0 Å². The number of benzene rings is 2. The number of hydrogen-bond donors (Lipinski definition) is 0. The first kappa shape index (κ1) is 23.7. The molecule has 4 heteroatoms. The number of anilines is 2. The van der Waals surface area contributed by atoms with Crippen molar-refractivity contribution >= 4 is 22.9 Å². The number of rotatable bonds is 13. The Hall–Kier alpha value is -2.62. The fraction of sp³-hybridized carbons (Fsp3) is 0.462. The third-order valence-electron chi connectivity index (χ3n) is 5.17. The minimum atomic E-state index is -0.453. The molecule has 0 N–H and O–H groups in total. The first-order valence-electron chi connectivity index (χ1n) is 11.3. The maximum Gasteiger partial charge on any atom is 0.233 e. The lowest BCUT2D eigenvalue weighted by molar-refractivity contribution is 0.0817. The Bertz CT molecular complexity index is 715. The molecule has 2 aromatic rings. The van der Waals surface area contributed by atoms with Gasteiger partial charge in [-0.15, -0.1) is 0 Å². The van der Waals surface area contributed by atoms with Crippen LogP contribution in [0.4, 0.5) is 11.4 Å². The predicted molar refractivity (Wildman–Crippen MR) is 127 cm³/mol. The third kappa shape index (κ3) is 6.19. The van der Waals surface area contributed by atoms with Crippen LogP contribution in [-0.2, 0) is 0 Å². The Kier molecular flexibility index (Phi) is 9.59. The molecule has 0 amide bonds. The van der Waals surface area contributed by atoms with Gasteiger partial charge in [0.25, 0.3) is 0 Å². The zero-order valence-corrected chi connectivity index (χ0v) is 19.0. The average molecular weight is 409 g/mol. The van der Waals surface area contributed by atoms with E-state index in [9.17, 15) is 9.59 Å². The molecule has 0 unspecified atom stereocenters. The molecular weight excluding hydrogens is 372 g/mol. The van der Waals surface area contributed by atoms with Crippen molar-refractivity contribution in [2.45, 2.75) is 53.4 Å². The molecule has 0 heterocycles. The van der Waals surface area contributed by atoms with Gasteiger partial charge in [0, 0.05) is 48.7 Å². The molecule has 0 aliphatic heterocycles. The largest absolute Gasteiger partial charge is 0.372 e. The highest BCUT2D eigenvalue weighted by atomic mass is 16.2. The summed E-state index contributed by atoms with van der Waals surface area (Å²) < 4.78 is 0. The van der Waals surface area contributed by atoms with E-state index in [-0.39, 0.29) is 0 Å². The van der Waals surface area contributed by atoms with Crippen LogP contribution in [0.5, 0.6) is 0 Å². The summed E-state index contributed by atoms with van der Waals surface area (Å²) in [5, 5.41) is 0. The molecule has 0 bridgehead atoms. The number of carbonyl (C=O) groups is 2. The smallest absolute Gasteiger partial charge is 0.233 e. The number of Topliss-reactive ketones (excluding diaryl/α,β-unsaturated/α-hetero) is 2. The molecule has 0 spiro atoms. The topological polar surface area (TPSA) is 40.6 Å². The SMILES string of the molecule is CCCN(CCC)c1ccc(C(=O)C(=O)c2ccc(N(CCC)CCC)cc2)cc1. The van der Waals surface area contributed by atoms with Gasteiger partial charge in [0.1, 0.15) is 0 Å². The first-order valence-corrected chi connectivity index (χ1v) is 11.3. The molecule has 0 atom stereocenters. The van der Waals surface area contributed by atoms with Gasteiger partial charge in [0.2, 0.25) is 11.6 Å². The Morgan fingerprint density at radius 1 is 0.533 bits per heavy atom. The van der Waals surface area contributed by atoms with E-state index >= 15 is 0 Å². The van der Waals surface area contributed by atoms with E-state index in [1.807, 2.05) is 24.3 Å². The first-order chi connectivity index (χ1) is 14.5. The van der Waals surface area contributed by atoms with E-state index in [2.05, 4.69) is 37.5 Å². The van der Waals surface area contributed by atoms with Crippen LogP contribution in [0.2, 0.25) is 0 Å². The zero-order valence-electron chi connectivity index (χ0n) is 19.0. The second-order valence-corrected chi connectivity index (χ2v) is 7.73. The highest BCUT2D eigenvalue weighted by Crippen LogP contribution is 2.20. The lowest BCUT2D eigenvalue weighted by atomic mass is 10.0. The number of carbonyl (C=O) groups excluding carboxylic acids is 2. The zero-order chi connectivity index (χ0) is 21.9. The van der Waals surface area contributed by atoms with Crippen LogP contribution in [0.1, 0.15) is 74.1 Å². The molecule has 0 aliphatic carbocycles. The molecule has 0 radical (unpaired) electrons. The fourth-order valence-corrected chi connectivity index (χ4v) is 3.73. The van der Waals surface area contributed by atoms with Crippen molar-refractivity contribution in [3.63, 3.8) is 0 Å². The van der Waals surface area contributed by atoms with Crippen molar-refractivity contribution in [2.24, 2.45) is 0 Å². The quantitative estimate of drug-likeness (QED) is 0.301. The summed E-state index contributed by atoms with van der Waals surface area (Å²) in [5.41, 5.74) is 3.08. The molecule has 2 rings (SSSR count). The van der Waals surface area contributed by atoms with Crippen molar-refractivity contribution < 1.29 is 9.59 Å². The molecule has 4 nitrogen and oxygen atoms in total. The second kappa shape index (κ2) is 12.2. The van der Waals surface area contributed by atoms with Crippen LogP contribution in [0, 0.1) is 0 Å². The Morgan fingerprint density at radius 2 is 0.800 bits per heavy atom. The maximum atomic E-state index is 12.7. The van der Waals surface area contributed by atoms with Crippen LogP contribution in [-0.4, -0.2) is 37.7 Å². The van der Waals surface area contributed by atoms with Gasteiger partial charge in [-0.05, 0) is 74.2 Å². The molecule has 162 valence electrons. The summed E-state index contributed by atoms with van der Waals surface area (Å²) in [6.07, 6.45) is 4.29. The highest BCUT2D eigenvalue weighted by Gasteiger charge is 2.19.